The van der Waals surface area contributed by atoms with Crippen molar-refractivity contribution < 1.29 is 14.3 Å². The number of amides is 1. The summed E-state index contributed by atoms with van der Waals surface area (Å²) in [6.45, 7) is 0. The molecule has 0 spiro atoms. The van der Waals surface area contributed by atoms with Crippen LogP contribution in [0.15, 0.2) is 63.6 Å². The first kappa shape index (κ1) is 20.2. The average molecular weight is 436 g/mol. The van der Waals surface area contributed by atoms with Crippen molar-refractivity contribution in [2.24, 2.45) is 14.1 Å². The molecule has 0 atom stereocenters. The van der Waals surface area contributed by atoms with Gasteiger partial charge in [0.25, 0.3) is 11.5 Å². The predicted molar refractivity (Wildman–Crippen MR) is 116 cm³/mol. The van der Waals surface area contributed by atoms with Gasteiger partial charge in [0.2, 0.25) is 0 Å². The maximum absolute atomic E-state index is 12.5. The van der Waals surface area contributed by atoms with Crippen LogP contribution in [0.25, 0.3) is 11.0 Å². The molecule has 3 aromatic heterocycles. The summed E-state index contributed by atoms with van der Waals surface area (Å²) >= 11 is 1.33. The Labute approximate surface area is 179 Å². The summed E-state index contributed by atoms with van der Waals surface area (Å²) in [6, 6.07) is 11.2. The number of thiophene rings is 1. The summed E-state index contributed by atoms with van der Waals surface area (Å²) in [4.78, 5) is 53.6. The monoisotopic (exact) mass is 436 g/mol. The largest absolute Gasteiger partial charge is 0.423 e. The Hall–Kier alpha value is -4.05. The number of hydrogen-bond donors (Lipinski definition) is 1. The van der Waals surface area contributed by atoms with Crippen LogP contribution >= 0.6 is 11.3 Å². The summed E-state index contributed by atoms with van der Waals surface area (Å²) in [6.07, 6.45) is 1.25. The lowest BCUT2D eigenvalue weighted by molar-refractivity contribution is 0.0734. The lowest BCUT2D eigenvalue weighted by Crippen LogP contribution is -2.37. The van der Waals surface area contributed by atoms with Crippen LogP contribution in [-0.4, -0.2) is 26.0 Å². The highest BCUT2D eigenvalue weighted by atomic mass is 32.1. The smallest absolute Gasteiger partial charge is 0.345 e. The lowest BCUT2D eigenvalue weighted by atomic mass is 10.2. The van der Waals surface area contributed by atoms with Crippen LogP contribution in [0.1, 0.15) is 20.0 Å². The van der Waals surface area contributed by atoms with Gasteiger partial charge >= 0.3 is 11.7 Å². The second-order valence-electron chi connectivity index (χ2n) is 6.65. The molecule has 156 valence electrons. The Kier molecular flexibility index (Phi) is 5.22. The van der Waals surface area contributed by atoms with E-state index in [4.69, 9.17) is 4.74 Å². The first-order chi connectivity index (χ1) is 14.8. The zero-order chi connectivity index (χ0) is 22.1. The molecule has 4 rings (SSSR count). The van der Waals surface area contributed by atoms with E-state index in [0.717, 1.165) is 4.57 Å². The molecule has 0 unspecified atom stereocenters. The quantitative estimate of drug-likeness (QED) is 0.388. The molecule has 0 saturated heterocycles. The van der Waals surface area contributed by atoms with Gasteiger partial charge in [-0.15, -0.1) is 11.3 Å². The number of pyridine rings is 1. The van der Waals surface area contributed by atoms with Crippen molar-refractivity contribution in [1.29, 1.82) is 0 Å². The summed E-state index contributed by atoms with van der Waals surface area (Å²) in [5.74, 6) is -0.675. The third-order valence-electron chi connectivity index (χ3n) is 4.60. The number of benzene rings is 1. The van der Waals surface area contributed by atoms with Crippen LogP contribution in [0, 0.1) is 0 Å². The molecule has 0 aliphatic heterocycles. The number of ether oxygens (including phenoxy) is 1. The van der Waals surface area contributed by atoms with Crippen molar-refractivity contribution in [3.8, 4) is 5.75 Å². The molecular weight excluding hydrogens is 420 g/mol. The van der Waals surface area contributed by atoms with E-state index in [-0.39, 0.29) is 28.3 Å². The number of nitrogens with one attached hydrogen (secondary N) is 1. The Morgan fingerprint density at radius 1 is 1.06 bits per heavy atom. The number of aryl methyl sites for hydroxylation is 1. The Morgan fingerprint density at radius 2 is 1.81 bits per heavy atom. The molecule has 1 N–H and O–H groups in total. The lowest BCUT2D eigenvalue weighted by Gasteiger charge is -2.09. The molecule has 31 heavy (non-hydrogen) atoms. The van der Waals surface area contributed by atoms with E-state index >= 15 is 0 Å². The van der Waals surface area contributed by atoms with Crippen molar-refractivity contribution >= 4 is 39.9 Å². The van der Waals surface area contributed by atoms with Gasteiger partial charge in [0, 0.05) is 26.0 Å². The molecular formula is C21H16N4O5S. The summed E-state index contributed by atoms with van der Waals surface area (Å²) < 4.78 is 7.52. The maximum atomic E-state index is 12.5. The molecule has 0 aliphatic rings. The standard InChI is InChI=1S/C21H16N4O5S/c1-24-17-15(19(27)25(2)21(24)29)10-12(11-22-17)20(28)30-14-7-5-13(6-8-14)23-18(26)16-4-3-9-31-16/h3-11H,1-2H3,(H,23,26). The number of nitrogens with zero attached hydrogens (tertiary/aromatic N) is 3. The zero-order valence-electron chi connectivity index (χ0n) is 16.5. The van der Waals surface area contributed by atoms with Gasteiger partial charge in [0.15, 0.2) is 0 Å². The van der Waals surface area contributed by atoms with Gasteiger partial charge in [-0.05, 0) is 41.8 Å². The van der Waals surface area contributed by atoms with E-state index in [9.17, 15) is 19.2 Å². The highest BCUT2D eigenvalue weighted by Crippen LogP contribution is 2.19. The van der Waals surface area contributed by atoms with Gasteiger partial charge in [-0.25, -0.2) is 14.6 Å². The summed E-state index contributed by atoms with van der Waals surface area (Å²) in [5, 5.41) is 4.70. The van der Waals surface area contributed by atoms with Crippen LogP contribution < -0.4 is 21.3 Å². The third kappa shape index (κ3) is 3.88. The Balaban J connectivity index is 1.53. The Morgan fingerprint density at radius 3 is 2.48 bits per heavy atom. The average Bonchev–Trinajstić information content (AvgIpc) is 3.32. The fourth-order valence-electron chi connectivity index (χ4n) is 2.95. The molecule has 3 heterocycles. The van der Waals surface area contributed by atoms with Crippen molar-refractivity contribution in [2.75, 3.05) is 5.32 Å². The second kappa shape index (κ2) is 8.00. The molecule has 0 aliphatic carbocycles. The van der Waals surface area contributed by atoms with E-state index in [2.05, 4.69) is 10.3 Å². The number of anilines is 1. The van der Waals surface area contributed by atoms with Crippen molar-refractivity contribution in [3.63, 3.8) is 0 Å². The van der Waals surface area contributed by atoms with Gasteiger partial charge in [-0.2, -0.15) is 0 Å². The molecule has 0 radical (unpaired) electrons. The highest BCUT2D eigenvalue weighted by Gasteiger charge is 2.15. The first-order valence-electron chi connectivity index (χ1n) is 9.08. The van der Waals surface area contributed by atoms with E-state index in [1.165, 1.54) is 42.3 Å². The van der Waals surface area contributed by atoms with Gasteiger partial charge in [0.1, 0.15) is 11.4 Å². The van der Waals surface area contributed by atoms with Crippen molar-refractivity contribution in [2.45, 2.75) is 0 Å². The van der Waals surface area contributed by atoms with Gasteiger partial charge in [-0.3, -0.25) is 18.7 Å². The van der Waals surface area contributed by atoms with Gasteiger partial charge < -0.3 is 10.1 Å². The number of esters is 1. The predicted octanol–water partition coefficient (Wildman–Crippen LogP) is 2.17. The SMILES string of the molecule is Cn1c(=O)c2cc(C(=O)Oc3ccc(NC(=O)c4cccs4)cc3)cnc2n(C)c1=O. The van der Waals surface area contributed by atoms with E-state index in [0.29, 0.717) is 10.6 Å². The van der Waals surface area contributed by atoms with Gasteiger partial charge in [0.05, 0.1) is 15.8 Å². The number of aromatic nitrogens is 3. The molecule has 9 nitrogen and oxygen atoms in total. The first-order valence-corrected chi connectivity index (χ1v) is 9.96. The molecule has 10 heteroatoms. The second-order valence-corrected chi connectivity index (χ2v) is 7.59. The normalized spacial score (nSPS) is 10.8. The molecule has 0 fully saturated rings. The minimum atomic E-state index is -0.708. The van der Waals surface area contributed by atoms with E-state index < -0.39 is 17.2 Å². The molecule has 0 bridgehead atoms. The van der Waals surface area contributed by atoms with Crippen molar-refractivity contribution in [3.05, 3.63) is 85.3 Å². The molecule has 4 aromatic rings. The topological polar surface area (TPSA) is 112 Å². The van der Waals surface area contributed by atoms with E-state index in [1.54, 1.807) is 36.4 Å². The molecule has 1 amide bonds. The number of carbonyl (C=O) groups is 2. The fourth-order valence-corrected chi connectivity index (χ4v) is 3.57. The highest BCUT2D eigenvalue weighted by molar-refractivity contribution is 7.12. The third-order valence-corrected chi connectivity index (χ3v) is 5.47. The van der Waals surface area contributed by atoms with Crippen LogP contribution in [0.3, 0.4) is 0 Å². The number of carbonyl (C=O) groups excluding carboxylic acids is 2. The maximum Gasteiger partial charge on any atom is 0.345 e. The van der Waals surface area contributed by atoms with Crippen LogP contribution in [0.2, 0.25) is 0 Å². The number of fused-ring (bicyclic) bond motifs is 1. The van der Waals surface area contributed by atoms with Crippen LogP contribution in [0.5, 0.6) is 5.75 Å². The number of hydrogen-bond acceptors (Lipinski definition) is 7. The summed E-state index contributed by atoms with van der Waals surface area (Å²) in [7, 11) is 2.85. The fraction of sp³-hybridized carbons (Fsp3) is 0.0952. The molecule has 0 saturated carbocycles. The summed E-state index contributed by atoms with van der Waals surface area (Å²) in [5.41, 5.74) is -0.263. The van der Waals surface area contributed by atoms with Crippen molar-refractivity contribution in [1.82, 2.24) is 14.1 Å². The minimum absolute atomic E-state index is 0.0679. The van der Waals surface area contributed by atoms with Crippen LogP contribution in [0.4, 0.5) is 5.69 Å². The zero-order valence-corrected chi connectivity index (χ0v) is 17.3. The number of rotatable bonds is 4. The van der Waals surface area contributed by atoms with Gasteiger partial charge in [-0.1, -0.05) is 6.07 Å². The minimum Gasteiger partial charge on any atom is -0.423 e. The Bertz CT molecular complexity index is 1420. The molecule has 1 aromatic carbocycles. The van der Waals surface area contributed by atoms with E-state index in [1.807, 2.05) is 5.38 Å². The van der Waals surface area contributed by atoms with Crippen LogP contribution in [-0.2, 0) is 14.1 Å².